The van der Waals surface area contributed by atoms with Gasteiger partial charge < -0.3 is 19.7 Å². The second-order valence-corrected chi connectivity index (χ2v) is 15.1. The van der Waals surface area contributed by atoms with Gasteiger partial charge in [-0.25, -0.2) is 9.59 Å². The number of esters is 1. The predicted octanol–water partition coefficient (Wildman–Crippen LogP) is 5.77. The van der Waals surface area contributed by atoms with Gasteiger partial charge in [-0.15, -0.1) is 0 Å². The molecule has 6 rings (SSSR count). The molecule has 272 valence electrons. The van der Waals surface area contributed by atoms with Crippen LogP contribution in [0.1, 0.15) is 55.5 Å². The number of alkyl carbamates (subject to hydrolysis) is 1. The van der Waals surface area contributed by atoms with Gasteiger partial charge in [0, 0.05) is 18.7 Å². The molecule has 0 spiro atoms. The molecule has 14 heteroatoms. The maximum absolute atomic E-state index is 14.3. The molecular formula is C38H36F3N3O7S. The van der Waals surface area contributed by atoms with Crippen LogP contribution in [-0.2, 0) is 47.4 Å². The summed E-state index contributed by atoms with van der Waals surface area (Å²) in [6.45, 7) is 5.26. The largest absolute Gasteiger partial charge is 0.448 e. The molecule has 52 heavy (non-hydrogen) atoms. The number of likely N-dealkylation sites (tertiary alicyclic amines) is 1. The Kier molecular flexibility index (Phi) is 10.1. The Hall–Kier alpha value is -5.24. The van der Waals surface area contributed by atoms with Crippen LogP contribution in [0.5, 0.6) is 0 Å². The van der Waals surface area contributed by atoms with Gasteiger partial charge in [0.2, 0.25) is 5.91 Å². The van der Waals surface area contributed by atoms with E-state index in [1.807, 2.05) is 12.1 Å². The van der Waals surface area contributed by atoms with Crippen molar-refractivity contribution in [3.63, 3.8) is 0 Å². The molecule has 1 N–H and O–H groups in total. The number of halogens is 3. The fourth-order valence-electron chi connectivity index (χ4n) is 6.27. The molecule has 2 fully saturated rings. The Morgan fingerprint density at radius 3 is 2.10 bits per heavy atom. The van der Waals surface area contributed by atoms with E-state index < -0.39 is 69.5 Å². The summed E-state index contributed by atoms with van der Waals surface area (Å²) in [5, 5.41) is 1.38. The van der Waals surface area contributed by atoms with Gasteiger partial charge in [-0.1, -0.05) is 72.8 Å². The van der Waals surface area contributed by atoms with Crippen LogP contribution >= 0.6 is 0 Å². The number of ether oxygens (including phenoxy) is 2. The first kappa shape index (κ1) is 36.5. The summed E-state index contributed by atoms with van der Waals surface area (Å²) in [7, 11) is -1.82. The van der Waals surface area contributed by atoms with Gasteiger partial charge in [0.15, 0.2) is 6.10 Å². The Morgan fingerprint density at radius 2 is 1.54 bits per heavy atom. The summed E-state index contributed by atoms with van der Waals surface area (Å²) in [6.07, 6.45) is -4.59. The van der Waals surface area contributed by atoms with Gasteiger partial charge in [-0.05, 0) is 67.7 Å². The normalized spacial score (nSPS) is 21.3. The number of carbonyl (C=O) groups is 4. The van der Waals surface area contributed by atoms with Crippen molar-refractivity contribution < 1.29 is 46.0 Å². The van der Waals surface area contributed by atoms with E-state index in [4.69, 9.17) is 9.47 Å². The number of rotatable bonds is 8. The van der Waals surface area contributed by atoms with Crippen molar-refractivity contribution in [3.05, 3.63) is 130 Å². The van der Waals surface area contributed by atoms with Crippen molar-refractivity contribution in [2.75, 3.05) is 12.3 Å². The molecule has 0 saturated carbocycles. The third-order valence-electron chi connectivity index (χ3n) is 8.67. The van der Waals surface area contributed by atoms with Crippen LogP contribution in [-0.4, -0.2) is 67.2 Å². The molecule has 3 aromatic carbocycles. The summed E-state index contributed by atoms with van der Waals surface area (Å²) in [5.74, 6) is -2.26. The number of allylic oxidation sites excluding steroid dienone is 1. The fraction of sp³-hybridized carbons (Fsp3) is 0.316. The lowest BCUT2D eigenvalue weighted by Gasteiger charge is -2.49. The predicted molar refractivity (Wildman–Crippen MR) is 184 cm³/mol. The lowest BCUT2D eigenvalue weighted by Crippen LogP contribution is -2.73. The second kappa shape index (κ2) is 14.4. The second-order valence-electron chi connectivity index (χ2n) is 13.6. The quantitative estimate of drug-likeness (QED) is 0.177. The summed E-state index contributed by atoms with van der Waals surface area (Å²) < 4.78 is 64.3. The number of β-lactam (4-membered cyclic amide) rings is 1. The van der Waals surface area contributed by atoms with E-state index in [1.54, 1.807) is 69.3 Å². The van der Waals surface area contributed by atoms with Crippen LogP contribution in [0.4, 0.5) is 18.0 Å². The summed E-state index contributed by atoms with van der Waals surface area (Å²) in [6, 6.07) is 21.3. The molecule has 2 saturated heterocycles. The van der Waals surface area contributed by atoms with E-state index in [-0.39, 0.29) is 42.1 Å². The number of nitrogens with one attached hydrogen (secondary N) is 1. The first-order chi connectivity index (χ1) is 24.6. The number of benzene rings is 3. The van der Waals surface area contributed by atoms with E-state index in [1.165, 1.54) is 23.1 Å². The lowest BCUT2D eigenvalue weighted by atomic mass is 10.00. The van der Waals surface area contributed by atoms with Crippen LogP contribution < -0.4 is 5.32 Å². The van der Waals surface area contributed by atoms with Crippen molar-refractivity contribution in [1.82, 2.24) is 15.1 Å². The minimum absolute atomic E-state index is 0.0503. The van der Waals surface area contributed by atoms with Crippen LogP contribution in [0, 0.1) is 0 Å². The molecule has 3 aliphatic rings. The third-order valence-corrected chi connectivity index (χ3v) is 10.3. The number of hydrogen-bond acceptors (Lipinski definition) is 7. The van der Waals surface area contributed by atoms with E-state index >= 15 is 0 Å². The molecule has 10 nitrogen and oxygen atoms in total. The smallest absolute Gasteiger partial charge is 0.416 e. The molecule has 3 heterocycles. The van der Waals surface area contributed by atoms with Crippen molar-refractivity contribution in [2.45, 2.75) is 63.0 Å². The first-order valence-corrected chi connectivity index (χ1v) is 17.9. The zero-order valence-electron chi connectivity index (χ0n) is 28.5. The highest BCUT2D eigenvalue weighted by molar-refractivity contribution is 7.86. The first-order valence-electron chi connectivity index (χ1n) is 16.5. The number of alkyl halides is 3. The molecule has 3 aliphatic heterocycles. The third kappa shape index (κ3) is 7.81. The van der Waals surface area contributed by atoms with E-state index in [0.29, 0.717) is 16.7 Å². The van der Waals surface area contributed by atoms with Gasteiger partial charge in [0.05, 0.1) is 22.1 Å². The number of carbonyl (C=O) groups excluding carboxylic acids is 4. The van der Waals surface area contributed by atoms with Crippen molar-refractivity contribution in [3.8, 4) is 0 Å². The molecule has 0 radical (unpaired) electrons. The number of nitrogens with zero attached hydrogens (tertiary/aromatic N) is 2. The van der Waals surface area contributed by atoms with Gasteiger partial charge >= 0.3 is 18.2 Å². The number of hydrogen-bond donors (Lipinski definition) is 1. The SMILES string of the molecule is CC(C)(C)OC(=O)NC1C(=O)N2C(C(=O)OC(c3ccccc3)c3ccccc3)=C(/C=C3\CCN(Cc4ccc(C(F)(F)F)cc4)C3=O)CS(=O)C12. The summed E-state index contributed by atoms with van der Waals surface area (Å²) >= 11 is 0. The molecule has 3 aromatic rings. The topological polar surface area (TPSA) is 122 Å². The lowest BCUT2D eigenvalue weighted by molar-refractivity contribution is -0.153. The van der Waals surface area contributed by atoms with Crippen LogP contribution in [0.25, 0.3) is 0 Å². The van der Waals surface area contributed by atoms with Crippen LogP contribution in [0.3, 0.4) is 0 Å². The minimum atomic E-state index is -4.49. The molecule has 0 bridgehead atoms. The van der Waals surface area contributed by atoms with Gasteiger partial charge in [0.1, 0.15) is 22.7 Å². The Labute approximate surface area is 300 Å². The highest BCUT2D eigenvalue weighted by atomic mass is 32.2. The molecule has 3 amide bonds. The van der Waals surface area contributed by atoms with Crippen LogP contribution in [0.2, 0.25) is 0 Å². The fourth-order valence-corrected chi connectivity index (χ4v) is 7.90. The van der Waals surface area contributed by atoms with E-state index in [0.717, 1.165) is 17.0 Å². The number of amides is 3. The minimum Gasteiger partial charge on any atom is -0.448 e. The zero-order valence-corrected chi connectivity index (χ0v) is 29.3. The standard InChI is InChI=1S/C38H36F3N3O7S/c1-37(2,3)51-36(48)42-29-33(46)44-30(35(47)50-31(24-10-6-4-7-11-24)25-12-8-5-9-13-25)27(22-52(49)34(29)44)20-26-18-19-43(32(26)45)21-23-14-16-28(17-15-23)38(39,40)41/h4-17,20,29,31,34H,18-19,21-22H2,1-3H3,(H,42,48)/b26-20+. The highest BCUT2D eigenvalue weighted by Gasteiger charge is 2.58. The highest BCUT2D eigenvalue weighted by Crippen LogP contribution is 2.39. The van der Waals surface area contributed by atoms with Crippen molar-refractivity contribution in [2.24, 2.45) is 0 Å². The average molecular weight is 736 g/mol. The Bertz CT molecular complexity index is 1920. The number of fused-ring (bicyclic) bond motifs is 1. The maximum atomic E-state index is 14.3. The zero-order chi connectivity index (χ0) is 37.4. The molecule has 3 unspecified atom stereocenters. The van der Waals surface area contributed by atoms with Gasteiger partial charge in [0.25, 0.3) is 5.91 Å². The van der Waals surface area contributed by atoms with Crippen LogP contribution in [0.15, 0.2) is 108 Å². The maximum Gasteiger partial charge on any atom is 0.416 e. The molecular weight excluding hydrogens is 699 g/mol. The van der Waals surface area contributed by atoms with Gasteiger partial charge in [-0.2, -0.15) is 13.2 Å². The monoisotopic (exact) mass is 735 g/mol. The average Bonchev–Trinajstić information content (AvgIpc) is 3.43. The molecule has 0 aliphatic carbocycles. The van der Waals surface area contributed by atoms with Crippen molar-refractivity contribution >= 4 is 34.7 Å². The van der Waals surface area contributed by atoms with Gasteiger partial charge in [-0.3, -0.25) is 18.7 Å². The summed E-state index contributed by atoms with van der Waals surface area (Å²) in [5.41, 5.74) is 0.348. The Morgan fingerprint density at radius 1 is 0.942 bits per heavy atom. The van der Waals surface area contributed by atoms with Crippen molar-refractivity contribution in [1.29, 1.82) is 0 Å². The molecule has 0 aromatic heterocycles. The Balaban J connectivity index is 1.33. The van der Waals surface area contributed by atoms with E-state index in [9.17, 15) is 36.6 Å². The van der Waals surface area contributed by atoms with E-state index in [2.05, 4.69) is 5.32 Å². The summed E-state index contributed by atoms with van der Waals surface area (Å²) in [4.78, 5) is 56.7. The molecule has 3 atom stereocenters.